The first kappa shape index (κ1) is 30.2. The van der Waals surface area contributed by atoms with Crippen LogP contribution < -0.4 is 0 Å². The number of para-hydroxylation sites is 1. The number of rotatable bonds is 7. The molecule has 1 spiro atoms. The molecule has 0 bridgehead atoms. The lowest BCUT2D eigenvalue weighted by Gasteiger charge is -2.40. The predicted octanol–water partition coefficient (Wildman–Crippen LogP) is 3.09. The number of nitrogens with zero attached hydrogens (tertiary/aromatic N) is 6. The SMILES string of the molecule is C[C@@]12C=CCN(Cc3ccccc3)C(=O)[C@@H]1[C@H]1C(=O)N([C@H](CO)c3ccccc3)C3C(=O)N(Cn4nnc5ccccc54)CC=C[C@@]31O2. The van der Waals surface area contributed by atoms with Crippen molar-refractivity contribution in [1.29, 1.82) is 0 Å². The topological polar surface area (TPSA) is 121 Å². The van der Waals surface area contributed by atoms with E-state index in [9.17, 15) is 14.7 Å². The molecule has 2 fully saturated rings. The van der Waals surface area contributed by atoms with Crippen LogP contribution in [0.5, 0.6) is 0 Å². The number of likely N-dealkylation sites (tertiary alicyclic amines) is 1. The third kappa shape index (κ3) is 4.60. The van der Waals surface area contributed by atoms with E-state index in [2.05, 4.69) is 10.3 Å². The number of aliphatic hydroxyl groups is 1. The summed E-state index contributed by atoms with van der Waals surface area (Å²) >= 11 is 0. The van der Waals surface area contributed by atoms with Gasteiger partial charge >= 0.3 is 0 Å². The van der Waals surface area contributed by atoms with Crippen molar-refractivity contribution in [2.24, 2.45) is 11.8 Å². The van der Waals surface area contributed by atoms with Crippen molar-refractivity contribution in [3.05, 3.63) is 120 Å². The lowest BCUT2D eigenvalue weighted by molar-refractivity contribution is -0.157. The normalized spacial score (nSPS) is 28.8. The number of carbonyl (C=O) groups excluding carboxylic acids is 3. The highest BCUT2D eigenvalue weighted by molar-refractivity contribution is 6.00. The fourth-order valence-electron chi connectivity index (χ4n) is 8.18. The second-order valence-electron chi connectivity index (χ2n) is 13.1. The summed E-state index contributed by atoms with van der Waals surface area (Å²) in [5.74, 6) is -2.88. The summed E-state index contributed by atoms with van der Waals surface area (Å²) in [7, 11) is 0. The zero-order valence-electron chi connectivity index (χ0n) is 26.5. The first-order valence-corrected chi connectivity index (χ1v) is 16.3. The third-order valence-electron chi connectivity index (χ3n) is 10.3. The Hall–Kier alpha value is -5.13. The Kier molecular flexibility index (Phi) is 7.26. The fourth-order valence-corrected chi connectivity index (χ4v) is 8.18. The van der Waals surface area contributed by atoms with Gasteiger partial charge in [-0.1, -0.05) is 102 Å². The molecule has 0 saturated carbocycles. The van der Waals surface area contributed by atoms with E-state index >= 15 is 4.79 Å². The minimum Gasteiger partial charge on any atom is -0.394 e. The molecule has 2 saturated heterocycles. The molecule has 6 atom stereocenters. The highest BCUT2D eigenvalue weighted by Gasteiger charge is 2.75. The van der Waals surface area contributed by atoms with Gasteiger partial charge < -0.3 is 24.5 Å². The second kappa shape index (κ2) is 11.5. The van der Waals surface area contributed by atoms with Gasteiger partial charge in [-0.3, -0.25) is 14.4 Å². The zero-order valence-corrected chi connectivity index (χ0v) is 26.5. The van der Waals surface area contributed by atoms with Crippen LogP contribution in [-0.4, -0.2) is 89.5 Å². The predicted molar refractivity (Wildman–Crippen MR) is 175 cm³/mol. The van der Waals surface area contributed by atoms with Gasteiger partial charge in [0, 0.05) is 19.6 Å². The molecule has 4 aliphatic rings. The molecule has 4 aromatic rings. The van der Waals surface area contributed by atoms with Crippen LogP contribution in [0, 0.1) is 11.8 Å². The molecule has 48 heavy (non-hydrogen) atoms. The highest BCUT2D eigenvalue weighted by atomic mass is 16.5. The van der Waals surface area contributed by atoms with E-state index in [0.29, 0.717) is 24.2 Å². The Morgan fingerprint density at radius 3 is 2.29 bits per heavy atom. The van der Waals surface area contributed by atoms with Gasteiger partial charge in [0.05, 0.1) is 35.6 Å². The van der Waals surface area contributed by atoms with E-state index in [1.165, 1.54) is 4.90 Å². The van der Waals surface area contributed by atoms with Crippen LogP contribution in [0.3, 0.4) is 0 Å². The molecule has 3 aromatic carbocycles. The minimum absolute atomic E-state index is 0.0858. The Morgan fingerprint density at radius 2 is 1.52 bits per heavy atom. The van der Waals surface area contributed by atoms with Crippen LogP contribution in [0.2, 0.25) is 0 Å². The number of fused-ring (bicyclic) bond motifs is 3. The molecule has 5 heterocycles. The van der Waals surface area contributed by atoms with E-state index in [1.54, 1.807) is 14.5 Å². The van der Waals surface area contributed by atoms with Crippen molar-refractivity contribution in [2.75, 3.05) is 19.7 Å². The van der Waals surface area contributed by atoms with Gasteiger partial charge in [0.2, 0.25) is 11.8 Å². The number of ether oxygens (including phenoxy) is 1. The van der Waals surface area contributed by atoms with E-state index in [-0.39, 0.29) is 25.0 Å². The van der Waals surface area contributed by atoms with Gasteiger partial charge in [0.1, 0.15) is 23.8 Å². The standard InChI is InChI=1S/C37H36N6O5/c1-36-18-10-20-40(22-25-12-4-2-5-13-25)33(45)30(36)31-34(46)43(29(23-44)26-14-6-3-7-15-26)32-35(47)41(21-11-19-37(31,32)48-36)24-42-28-17-9-8-16-27(28)38-39-42/h2-19,29-32,44H,20-24H2,1H3/t29-,30+,31+,32?,36-,37+/m1/s1. The van der Waals surface area contributed by atoms with Gasteiger partial charge in [0.15, 0.2) is 0 Å². The maximum Gasteiger partial charge on any atom is 0.250 e. The van der Waals surface area contributed by atoms with Crippen molar-refractivity contribution < 1.29 is 24.2 Å². The van der Waals surface area contributed by atoms with Crippen molar-refractivity contribution in [3.8, 4) is 0 Å². The number of hydrogen-bond acceptors (Lipinski definition) is 7. The zero-order chi connectivity index (χ0) is 33.0. The molecular formula is C37H36N6O5. The molecule has 11 nitrogen and oxygen atoms in total. The molecule has 0 radical (unpaired) electrons. The summed E-state index contributed by atoms with van der Waals surface area (Å²) < 4.78 is 8.66. The molecule has 244 valence electrons. The van der Waals surface area contributed by atoms with Crippen molar-refractivity contribution >= 4 is 28.8 Å². The van der Waals surface area contributed by atoms with E-state index in [0.717, 1.165) is 11.1 Å². The minimum atomic E-state index is -1.47. The van der Waals surface area contributed by atoms with Crippen molar-refractivity contribution in [3.63, 3.8) is 0 Å². The first-order valence-electron chi connectivity index (χ1n) is 16.3. The third-order valence-corrected chi connectivity index (χ3v) is 10.3. The Bertz CT molecular complexity index is 1950. The maximum atomic E-state index is 15.0. The summed E-state index contributed by atoms with van der Waals surface area (Å²) in [4.78, 5) is 49.4. The van der Waals surface area contributed by atoms with Gasteiger partial charge in [-0.05, 0) is 30.2 Å². The van der Waals surface area contributed by atoms with Gasteiger partial charge in [-0.25, -0.2) is 4.68 Å². The van der Waals surface area contributed by atoms with Crippen LogP contribution in [0.4, 0.5) is 0 Å². The van der Waals surface area contributed by atoms with E-state index in [4.69, 9.17) is 4.74 Å². The molecule has 1 N–H and O–H groups in total. The number of aromatic nitrogens is 3. The van der Waals surface area contributed by atoms with Crippen LogP contribution in [-0.2, 0) is 32.3 Å². The smallest absolute Gasteiger partial charge is 0.250 e. The number of benzene rings is 3. The second-order valence-corrected chi connectivity index (χ2v) is 13.1. The lowest BCUT2D eigenvalue weighted by Crippen LogP contribution is -2.57. The molecule has 4 aliphatic heterocycles. The molecule has 3 amide bonds. The summed E-state index contributed by atoms with van der Waals surface area (Å²) in [5.41, 5.74) is 0.495. The van der Waals surface area contributed by atoms with Crippen LogP contribution in [0.1, 0.15) is 24.1 Å². The number of hydrogen-bond donors (Lipinski definition) is 1. The Balaban J connectivity index is 1.23. The van der Waals surface area contributed by atoms with Crippen LogP contribution in [0.15, 0.2) is 109 Å². The fraction of sp³-hybridized carbons (Fsp3) is 0.324. The summed E-state index contributed by atoms with van der Waals surface area (Å²) in [6, 6.07) is 24.4. The van der Waals surface area contributed by atoms with E-state index in [1.807, 2.05) is 116 Å². The Morgan fingerprint density at radius 1 is 0.833 bits per heavy atom. The summed E-state index contributed by atoms with van der Waals surface area (Å²) in [6.45, 7) is 2.46. The average molecular weight is 645 g/mol. The van der Waals surface area contributed by atoms with Crippen LogP contribution >= 0.6 is 0 Å². The molecule has 8 rings (SSSR count). The number of aliphatic hydroxyl groups excluding tert-OH is 1. The molecule has 1 aromatic heterocycles. The number of carbonyl (C=O) groups is 3. The van der Waals surface area contributed by atoms with Gasteiger partial charge in [0.25, 0.3) is 5.91 Å². The van der Waals surface area contributed by atoms with E-state index < -0.39 is 47.6 Å². The summed E-state index contributed by atoms with van der Waals surface area (Å²) in [6.07, 6.45) is 7.47. The summed E-state index contributed by atoms with van der Waals surface area (Å²) in [5, 5.41) is 19.4. The van der Waals surface area contributed by atoms with Crippen molar-refractivity contribution in [1.82, 2.24) is 29.7 Å². The van der Waals surface area contributed by atoms with Crippen LogP contribution in [0.25, 0.3) is 11.0 Å². The highest BCUT2D eigenvalue weighted by Crippen LogP contribution is 2.58. The number of amides is 3. The molecule has 1 unspecified atom stereocenters. The lowest BCUT2D eigenvalue weighted by atomic mass is 9.74. The van der Waals surface area contributed by atoms with Crippen molar-refractivity contribution in [2.45, 2.75) is 43.4 Å². The quantitative estimate of drug-likeness (QED) is 0.307. The average Bonchev–Trinajstić information content (AvgIpc) is 3.64. The van der Waals surface area contributed by atoms with Gasteiger partial charge in [-0.15, -0.1) is 5.10 Å². The monoisotopic (exact) mass is 644 g/mol. The van der Waals surface area contributed by atoms with Gasteiger partial charge in [-0.2, -0.15) is 0 Å². The molecule has 11 heteroatoms. The molecule has 0 aliphatic carbocycles. The maximum absolute atomic E-state index is 15.0. The Labute approximate surface area is 277 Å². The largest absolute Gasteiger partial charge is 0.394 e. The molecular weight excluding hydrogens is 608 g/mol. The first-order chi connectivity index (χ1) is 23.3.